The molecule has 2 bridgehead atoms. The zero-order valence-corrected chi connectivity index (χ0v) is 18.1. The van der Waals surface area contributed by atoms with Gasteiger partial charge < -0.3 is 28.4 Å². The highest BCUT2D eigenvalue weighted by molar-refractivity contribution is 5.95. The number of benzene rings is 2. The second kappa shape index (κ2) is 7.35. The molecule has 0 aromatic heterocycles. The van der Waals surface area contributed by atoms with Gasteiger partial charge in [-0.3, -0.25) is 0 Å². The fourth-order valence-corrected chi connectivity index (χ4v) is 4.28. The average Bonchev–Trinajstić information content (AvgIpc) is 2.77. The summed E-state index contributed by atoms with van der Waals surface area (Å²) in [6.07, 6.45) is 0.957. The number of methoxy groups -OCH3 is 3. The van der Waals surface area contributed by atoms with Crippen LogP contribution in [0.15, 0.2) is 18.2 Å². The fourth-order valence-electron chi connectivity index (χ4n) is 4.28. The van der Waals surface area contributed by atoms with Crippen LogP contribution in [0.25, 0.3) is 10.8 Å². The van der Waals surface area contributed by atoms with Gasteiger partial charge in [0.25, 0.3) is 0 Å². The summed E-state index contributed by atoms with van der Waals surface area (Å²) in [5.74, 6) is 1.13. The molecule has 3 fully saturated rings. The van der Waals surface area contributed by atoms with Crippen LogP contribution in [0, 0.1) is 5.41 Å². The van der Waals surface area contributed by atoms with E-state index in [-0.39, 0.29) is 11.3 Å². The molecule has 0 aliphatic carbocycles. The van der Waals surface area contributed by atoms with Crippen LogP contribution in [-0.2, 0) is 20.2 Å². The third-order valence-corrected chi connectivity index (χ3v) is 6.21. The Morgan fingerprint density at radius 1 is 0.862 bits per heavy atom. The molecule has 3 aliphatic heterocycles. The molecular weight excluding hydrogens is 372 g/mol. The van der Waals surface area contributed by atoms with Crippen LogP contribution in [0.1, 0.15) is 44.2 Å². The minimum atomic E-state index is -1.19. The maximum atomic E-state index is 6.14. The predicted octanol–water partition coefficient (Wildman–Crippen LogP) is 4.57. The molecule has 158 valence electrons. The molecule has 0 atom stereocenters. The highest BCUT2D eigenvalue weighted by atomic mass is 16.9. The Hall–Kier alpha value is -2.02. The molecular formula is C23H30O6. The lowest BCUT2D eigenvalue weighted by Crippen LogP contribution is -2.58. The summed E-state index contributed by atoms with van der Waals surface area (Å²) < 4.78 is 35.5. The van der Waals surface area contributed by atoms with E-state index in [4.69, 9.17) is 28.4 Å². The highest BCUT2D eigenvalue weighted by Gasteiger charge is 2.53. The Morgan fingerprint density at radius 2 is 1.48 bits per heavy atom. The summed E-state index contributed by atoms with van der Waals surface area (Å²) in [6.45, 7) is 8.26. The molecule has 3 heterocycles. The summed E-state index contributed by atoms with van der Waals surface area (Å²) in [4.78, 5) is 0. The lowest BCUT2D eigenvalue weighted by molar-refractivity contribution is -0.480. The van der Waals surface area contributed by atoms with Crippen molar-refractivity contribution in [3.8, 4) is 17.2 Å². The van der Waals surface area contributed by atoms with Crippen LogP contribution in [0.3, 0.4) is 0 Å². The SMILES string of the molecule is CCC12COC(c3cc(OC)c4cc(OC)c(OC)c(C(C)C)c4c3)(OC1)OC2. The third-order valence-electron chi connectivity index (χ3n) is 6.21. The van der Waals surface area contributed by atoms with Crippen molar-refractivity contribution < 1.29 is 28.4 Å². The first-order chi connectivity index (χ1) is 13.9. The molecule has 0 radical (unpaired) electrons. The first-order valence-electron chi connectivity index (χ1n) is 10.1. The summed E-state index contributed by atoms with van der Waals surface area (Å²) in [6, 6.07) is 5.95. The molecule has 0 spiro atoms. The number of ether oxygens (including phenoxy) is 6. The van der Waals surface area contributed by atoms with E-state index in [0.29, 0.717) is 31.3 Å². The molecule has 0 saturated carbocycles. The van der Waals surface area contributed by atoms with Crippen LogP contribution < -0.4 is 14.2 Å². The monoisotopic (exact) mass is 402 g/mol. The van der Waals surface area contributed by atoms with Crippen LogP contribution in [0.4, 0.5) is 0 Å². The largest absolute Gasteiger partial charge is 0.496 e. The van der Waals surface area contributed by atoms with Gasteiger partial charge in [-0.05, 0) is 35.9 Å². The Kier molecular flexibility index (Phi) is 5.13. The van der Waals surface area contributed by atoms with Gasteiger partial charge in [0.15, 0.2) is 11.5 Å². The minimum Gasteiger partial charge on any atom is -0.496 e. The molecule has 6 heteroatoms. The highest BCUT2D eigenvalue weighted by Crippen LogP contribution is 2.49. The molecule has 2 aromatic rings. The smallest absolute Gasteiger partial charge is 0.312 e. The van der Waals surface area contributed by atoms with Crippen LogP contribution >= 0.6 is 0 Å². The van der Waals surface area contributed by atoms with Gasteiger partial charge in [0.1, 0.15) is 5.75 Å². The van der Waals surface area contributed by atoms with Crippen LogP contribution in [0.2, 0.25) is 0 Å². The Bertz CT molecular complexity index is 895. The van der Waals surface area contributed by atoms with Crippen molar-refractivity contribution in [1.82, 2.24) is 0 Å². The van der Waals surface area contributed by atoms with E-state index < -0.39 is 5.97 Å². The van der Waals surface area contributed by atoms with Crippen molar-refractivity contribution in [1.29, 1.82) is 0 Å². The molecule has 5 rings (SSSR count). The number of rotatable bonds is 6. The summed E-state index contributed by atoms with van der Waals surface area (Å²) in [5, 5.41) is 1.96. The average molecular weight is 402 g/mol. The molecule has 0 unspecified atom stereocenters. The molecule has 6 nitrogen and oxygen atoms in total. The van der Waals surface area contributed by atoms with Crippen molar-refractivity contribution in [2.24, 2.45) is 5.41 Å². The van der Waals surface area contributed by atoms with E-state index in [1.807, 2.05) is 12.1 Å². The lowest BCUT2D eigenvalue weighted by atomic mass is 9.85. The fraction of sp³-hybridized carbons (Fsp3) is 0.565. The van der Waals surface area contributed by atoms with Gasteiger partial charge in [-0.15, -0.1) is 0 Å². The second-order valence-electron chi connectivity index (χ2n) is 8.23. The van der Waals surface area contributed by atoms with Crippen LogP contribution in [0.5, 0.6) is 17.2 Å². The van der Waals surface area contributed by atoms with Crippen molar-refractivity contribution in [2.75, 3.05) is 41.2 Å². The lowest BCUT2D eigenvalue weighted by Gasteiger charge is -2.51. The Labute approximate surface area is 172 Å². The van der Waals surface area contributed by atoms with Gasteiger partial charge in [0.2, 0.25) is 0 Å². The summed E-state index contributed by atoms with van der Waals surface area (Å²) in [5.41, 5.74) is 1.79. The van der Waals surface area contributed by atoms with E-state index in [1.165, 1.54) is 0 Å². The molecule has 0 N–H and O–H groups in total. The number of hydrogen-bond acceptors (Lipinski definition) is 6. The topological polar surface area (TPSA) is 55.4 Å². The van der Waals surface area contributed by atoms with Crippen LogP contribution in [-0.4, -0.2) is 41.2 Å². The first kappa shape index (κ1) is 20.3. The standard InChI is InChI=1S/C23H30O6/c1-7-22-11-27-23(28-12-22,29-13-22)15-8-17-16(18(9-15)24-4)10-19(25-5)21(26-6)20(17)14(2)3/h8-10,14H,7,11-13H2,1-6H3. The second-order valence-corrected chi connectivity index (χ2v) is 8.23. The molecule has 2 aromatic carbocycles. The maximum absolute atomic E-state index is 6.14. The van der Waals surface area contributed by atoms with Crippen molar-refractivity contribution in [3.05, 3.63) is 29.3 Å². The van der Waals surface area contributed by atoms with E-state index in [0.717, 1.165) is 34.1 Å². The predicted molar refractivity (Wildman–Crippen MR) is 110 cm³/mol. The summed E-state index contributed by atoms with van der Waals surface area (Å²) in [7, 11) is 4.97. The minimum absolute atomic E-state index is 0.0532. The zero-order chi connectivity index (χ0) is 20.8. The van der Waals surface area contributed by atoms with Gasteiger partial charge in [-0.2, -0.15) is 0 Å². The first-order valence-corrected chi connectivity index (χ1v) is 10.1. The van der Waals surface area contributed by atoms with Crippen molar-refractivity contribution >= 4 is 10.8 Å². The molecule has 3 saturated heterocycles. The number of fused-ring (bicyclic) bond motifs is 4. The van der Waals surface area contributed by atoms with E-state index in [2.05, 4.69) is 26.8 Å². The van der Waals surface area contributed by atoms with Gasteiger partial charge in [0, 0.05) is 21.9 Å². The van der Waals surface area contributed by atoms with Crippen molar-refractivity contribution in [3.63, 3.8) is 0 Å². The normalized spacial score (nSPS) is 26.2. The van der Waals surface area contributed by atoms with Crippen molar-refractivity contribution in [2.45, 2.75) is 39.1 Å². The third kappa shape index (κ3) is 3.05. The molecule has 0 amide bonds. The van der Waals surface area contributed by atoms with E-state index in [1.54, 1.807) is 21.3 Å². The van der Waals surface area contributed by atoms with Gasteiger partial charge in [0.05, 0.1) is 41.2 Å². The van der Waals surface area contributed by atoms with Gasteiger partial charge in [-0.25, -0.2) is 0 Å². The van der Waals surface area contributed by atoms with E-state index in [9.17, 15) is 0 Å². The Balaban J connectivity index is 1.93. The zero-order valence-electron chi connectivity index (χ0n) is 18.1. The molecule has 29 heavy (non-hydrogen) atoms. The maximum Gasteiger partial charge on any atom is 0.312 e. The van der Waals surface area contributed by atoms with Gasteiger partial charge >= 0.3 is 5.97 Å². The number of hydrogen-bond donors (Lipinski definition) is 0. The quantitative estimate of drug-likeness (QED) is 0.705. The Morgan fingerprint density at radius 3 is 1.97 bits per heavy atom. The van der Waals surface area contributed by atoms with E-state index >= 15 is 0 Å². The van der Waals surface area contributed by atoms with Gasteiger partial charge in [-0.1, -0.05) is 20.8 Å². The molecule has 3 aliphatic rings. The summed E-state index contributed by atoms with van der Waals surface area (Å²) >= 11 is 0.